The zero-order valence-corrected chi connectivity index (χ0v) is 25.4. The fourth-order valence-electron chi connectivity index (χ4n) is 5.28. The van der Waals surface area contributed by atoms with Crippen molar-refractivity contribution in [1.82, 2.24) is 9.88 Å². The Morgan fingerprint density at radius 1 is 0.886 bits per heavy atom. The van der Waals surface area contributed by atoms with Gasteiger partial charge in [0.2, 0.25) is 0 Å². The lowest BCUT2D eigenvalue weighted by atomic mass is 10.1. The van der Waals surface area contributed by atoms with Gasteiger partial charge in [0.05, 0.1) is 28.5 Å². The van der Waals surface area contributed by atoms with Crippen LogP contribution in [-0.2, 0) is 16.0 Å². The molecule has 0 aliphatic carbocycles. The number of anilines is 1. The van der Waals surface area contributed by atoms with Gasteiger partial charge >= 0.3 is 5.97 Å². The zero-order valence-electron chi connectivity index (χ0n) is 24.6. The van der Waals surface area contributed by atoms with Crippen molar-refractivity contribution in [2.24, 2.45) is 0 Å². The molecule has 44 heavy (non-hydrogen) atoms. The third kappa shape index (κ3) is 6.19. The van der Waals surface area contributed by atoms with Gasteiger partial charge in [-0.1, -0.05) is 91.5 Å². The number of rotatable bonds is 9. The molecular weight excluding hydrogens is 566 g/mol. The normalized spacial score (nSPS) is 15.3. The van der Waals surface area contributed by atoms with Crippen molar-refractivity contribution in [3.63, 3.8) is 0 Å². The summed E-state index contributed by atoms with van der Waals surface area (Å²) in [7, 11) is 0. The van der Waals surface area contributed by atoms with E-state index in [-0.39, 0.29) is 17.4 Å². The van der Waals surface area contributed by atoms with Crippen LogP contribution in [0.5, 0.6) is 0 Å². The van der Waals surface area contributed by atoms with Crippen LogP contribution in [0.25, 0.3) is 34.3 Å². The van der Waals surface area contributed by atoms with Crippen molar-refractivity contribution in [2.75, 3.05) is 11.9 Å². The summed E-state index contributed by atoms with van der Waals surface area (Å²) in [6, 6.07) is 38.2. The van der Waals surface area contributed by atoms with Crippen LogP contribution in [0.1, 0.15) is 35.3 Å². The van der Waals surface area contributed by atoms with Gasteiger partial charge in [-0.15, -0.1) is 0 Å². The smallest absolute Gasteiger partial charge is 0.338 e. The van der Waals surface area contributed by atoms with Gasteiger partial charge in [-0.25, -0.2) is 4.79 Å². The molecule has 1 saturated heterocycles. The molecule has 0 saturated carbocycles. The summed E-state index contributed by atoms with van der Waals surface area (Å²) in [5, 5.41) is 6.49. The Bertz CT molecular complexity index is 1800. The largest absolute Gasteiger partial charge is 0.462 e. The van der Waals surface area contributed by atoms with E-state index in [1.54, 1.807) is 19.1 Å². The van der Waals surface area contributed by atoms with Gasteiger partial charge in [0, 0.05) is 16.9 Å². The first kappa shape index (κ1) is 29.1. The van der Waals surface area contributed by atoms with Crippen LogP contribution in [0.4, 0.5) is 5.69 Å². The Labute approximate surface area is 261 Å². The SMILES string of the molecule is CCOC(=O)c1ccc(-n2c(-c3ccccc3)cc(/C=C3/S[C@H](Nc4ccc(CC)cc4)NC3=O)c2-c2ccccc2)cc1. The second kappa shape index (κ2) is 13.1. The van der Waals surface area contributed by atoms with Crippen molar-refractivity contribution >= 4 is 35.4 Å². The predicted molar refractivity (Wildman–Crippen MR) is 180 cm³/mol. The fourth-order valence-corrected chi connectivity index (χ4v) is 6.25. The number of carbonyl (C=O) groups excluding carboxylic acids is 2. The number of aryl methyl sites for hydroxylation is 1. The predicted octanol–water partition coefficient (Wildman–Crippen LogP) is 8.15. The van der Waals surface area contributed by atoms with E-state index in [0.29, 0.717) is 17.1 Å². The number of esters is 1. The van der Waals surface area contributed by atoms with E-state index < -0.39 is 0 Å². The lowest BCUT2D eigenvalue weighted by Gasteiger charge is -2.15. The van der Waals surface area contributed by atoms with E-state index in [9.17, 15) is 9.59 Å². The number of carbonyl (C=O) groups is 2. The maximum Gasteiger partial charge on any atom is 0.338 e. The Morgan fingerprint density at radius 3 is 2.18 bits per heavy atom. The lowest BCUT2D eigenvalue weighted by molar-refractivity contribution is -0.116. The second-order valence-corrected chi connectivity index (χ2v) is 11.5. The summed E-state index contributed by atoms with van der Waals surface area (Å²) in [4.78, 5) is 26.2. The molecule has 1 aliphatic heterocycles. The number of hydrogen-bond donors (Lipinski definition) is 2. The minimum Gasteiger partial charge on any atom is -0.462 e. The number of benzene rings is 4. The molecule has 0 bridgehead atoms. The number of nitrogens with one attached hydrogen (secondary N) is 2. The highest BCUT2D eigenvalue weighted by molar-refractivity contribution is 8.05. The molecule has 0 spiro atoms. The summed E-state index contributed by atoms with van der Waals surface area (Å²) in [5.41, 5.74) is 8.18. The van der Waals surface area contributed by atoms with Crippen LogP contribution in [-0.4, -0.2) is 28.5 Å². The molecule has 7 heteroatoms. The highest BCUT2D eigenvalue weighted by Gasteiger charge is 2.28. The van der Waals surface area contributed by atoms with Crippen molar-refractivity contribution < 1.29 is 14.3 Å². The molecule has 5 aromatic rings. The van der Waals surface area contributed by atoms with Crippen LogP contribution in [0.15, 0.2) is 120 Å². The first-order valence-electron chi connectivity index (χ1n) is 14.7. The monoisotopic (exact) mass is 599 g/mol. The third-order valence-corrected chi connectivity index (χ3v) is 8.49. The fraction of sp³-hybridized carbons (Fsp3) is 0.135. The number of ether oxygens (including phenoxy) is 1. The number of aromatic nitrogens is 1. The van der Waals surface area contributed by atoms with Crippen LogP contribution in [0.2, 0.25) is 0 Å². The Kier molecular flexibility index (Phi) is 8.66. The number of amides is 1. The lowest BCUT2D eigenvalue weighted by Crippen LogP contribution is -2.30. The topological polar surface area (TPSA) is 72.4 Å². The van der Waals surface area contributed by atoms with E-state index >= 15 is 0 Å². The molecule has 6 nitrogen and oxygen atoms in total. The molecule has 2 N–H and O–H groups in total. The molecule has 0 radical (unpaired) electrons. The van der Waals surface area contributed by atoms with Crippen molar-refractivity contribution in [1.29, 1.82) is 0 Å². The minimum atomic E-state index is -0.350. The molecule has 1 amide bonds. The molecule has 0 unspecified atom stereocenters. The molecule has 1 aromatic heterocycles. The molecule has 1 fully saturated rings. The van der Waals surface area contributed by atoms with Crippen LogP contribution >= 0.6 is 11.8 Å². The zero-order chi connectivity index (χ0) is 30.5. The second-order valence-electron chi connectivity index (χ2n) is 10.3. The van der Waals surface area contributed by atoms with Crippen molar-refractivity contribution in [2.45, 2.75) is 25.8 Å². The van der Waals surface area contributed by atoms with Gasteiger partial charge in [0.1, 0.15) is 0 Å². The standard InChI is InChI=1S/C37H33N3O3S/c1-3-25-15-19-30(20-16-25)38-37-39-35(41)33(44-37)24-29-23-32(26-11-7-5-8-12-26)40(34(29)27-13-9-6-10-14-27)31-21-17-28(18-22-31)36(42)43-4-2/h5-24,37-38H,3-4H2,1-2H3,(H,39,41)/b33-24+/t37-/m1/s1. The van der Waals surface area contributed by atoms with E-state index in [1.807, 2.05) is 66.7 Å². The van der Waals surface area contributed by atoms with Crippen LogP contribution in [0, 0.1) is 0 Å². The van der Waals surface area contributed by atoms with Crippen LogP contribution < -0.4 is 10.6 Å². The molecule has 6 rings (SSSR count). The third-order valence-electron chi connectivity index (χ3n) is 7.46. The Morgan fingerprint density at radius 2 is 1.55 bits per heavy atom. The number of hydrogen-bond acceptors (Lipinski definition) is 5. The first-order valence-corrected chi connectivity index (χ1v) is 15.6. The molecule has 1 atom stereocenters. The van der Waals surface area contributed by atoms with E-state index in [0.717, 1.165) is 45.9 Å². The van der Waals surface area contributed by atoms with E-state index in [2.05, 4.69) is 64.6 Å². The van der Waals surface area contributed by atoms with E-state index in [4.69, 9.17) is 4.74 Å². The quantitative estimate of drug-likeness (QED) is 0.132. The van der Waals surface area contributed by atoms with Gasteiger partial charge in [-0.2, -0.15) is 0 Å². The average Bonchev–Trinajstić information content (AvgIpc) is 3.61. The van der Waals surface area contributed by atoms with Crippen LogP contribution in [0.3, 0.4) is 0 Å². The maximum atomic E-state index is 13.2. The molecular formula is C37H33N3O3S. The molecule has 220 valence electrons. The summed E-state index contributed by atoms with van der Waals surface area (Å²) in [5.74, 6) is -0.471. The first-order chi connectivity index (χ1) is 21.5. The number of nitrogens with zero attached hydrogens (tertiary/aromatic N) is 1. The van der Waals surface area contributed by atoms with Crippen molar-refractivity contribution in [3.8, 4) is 28.2 Å². The highest BCUT2D eigenvalue weighted by Crippen LogP contribution is 2.39. The Balaban J connectivity index is 1.44. The number of thioether (sulfide) groups is 1. The highest BCUT2D eigenvalue weighted by atomic mass is 32.2. The Hall–Kier alpha value is -5.01. The summed E-state index contributed by atoms with van der Waals surface area (Å²) < 4.78 is 7.39. The molecule has 2 heterocycles. The summed E-state index contributed by atoms with van der Waals surface area (Å²) in [6.45, 7) is 4.25. The summed E-state index contributed by atoms with van der Waals surface area (Å²) in [6.07, 6.45) is 2.95. The van der Waals surface area contributed by atoms with Gasteiger partial charge in [0.25, 0.3) is 5.91 Å². The van der Waals surface area contributed by atoms with Gasteiger partial charge < -0.3 is 19.9 Å². The van der Waals surface area contributed by atoms with Gasteiger partial charge in [0.15, 0.2) is 5.50 Å². The molecule has 1 aliphatic rings. The molecule has 4 aromatic carbocycles. The maximum absolute atomic E-state index is 13.2. The van der Waals surface area contributed by atoms with E-state index in [1.165, 1.54) is 17.3 Å². The average molecular weight is 600 g/mol. The minimum absolute atomic E-state index is 0.121. The summed E-state index contributed by atoms with van der Waals surface area (Å²) >= 11 is 1.47. The van der Waals surface area contributed by atoms with Gasteiger partial charge in [-0.05, 0) is 78.6 Å². The van der Waals surface area contributed by atoms with Crippen molar-refractivity contribution in [3.05, 3.63) is 137 Å². The van der Waals surface area contributed by atoms with Gasteiger partial charge in [-0.3, -0.25) is 4.79 Å².